The fraction of sp³-hybridized carbons (Fsp3) is 0.833. The number of ether oxygens (including phenoxy) is 4. The summed E-state index contributed by atoms with van der Waals surface area (Å²) in [5, 5.41) is 0. The Morgan fingerprint density at radius 2 is 1.83 bits per heavy atom. The maximum Gasteiger partial charge on any atom is 0.303 e. The largest absolute Gasteiger partial charge is 0.451 e. The number of ketones is 1. The standard InChI is InChI=1S/C24H32O6/c1-15(25)23(29-16(2)26)9-6-18-17-4-8-21-14-22(27-12-13-28-22)10-11-24(21,30-21)19(17)5-7-20(18,23)3/h5,17-18H,4,6-14H2,1-3H3/t17?,18?,20-,21+,23+,24+/m0/s1. The molecule has 0 radical (unpaired) electrons. The quantitative estimate of drug-likeness (QED) is 0.390. The lowest BCUT2D eigenvalue weighted by Crippen LogP contribution is -2.57. The van der Waals surface area contributed by atoms with E-state index in [9.17, 15) is 9.59 Å². The molecule has 6 nitrogen and oxygen atoms in total. The molecule has 164 valence electrons. The Hall–Kier alpha value is -1.24. The van der Waals surface area contributed by atoms with Gasteiger partial charge in [-0.05, 0) is 62.9 Å². The van der Waals surface area contributed by atoms with E-state index in [1.807, 2.05) is 0 Å². The molecule has 5 fully saturated rings. The van der Waals surface area contributed by atoms with E-state index >= 15 is 0 Å². The lowest BCUT2D eigenvalue weighted by atomic mass is 9.52. The molecule has 3 saturated carbocycles. The van der Waals surface area contributed by atoms with E-state index in [1.165, 1.54) is 12.5 Å². The third kappa shape index (κ3) is 2.11. The van der Waals surface area contributed by atoms with Crippen molar-refractivity contribution in [3.05, 3.63) is 11.6 Å². The second-order valence-corrected chi connectivity index (χ2v) is 10.8. The highest BCUT2D eigenvalue weighted by Gasteiger charge is 2.80. The number of hydrogen-bond acceptors (Lipinski definition) is 6. The number of epoxide rings is 1. The first-order valence-corrected chi connectivity index (χ1v) is 11.6. The third-order valence-corrected chi connectivity index (χ3v) is 9.68. The molecule has 2 saturated heterocycles. The van der Waals surface area contributed by atoms with E-state index in [0.29, 0.717) is 31.5 Å². The molecule has 2 unspecified atom stereocenters. The molecule has 2 aliphatic heterocycles. The maximum absolute atomic E-state index is 12.8. The first-order chi connectivity index (χ1) is 14.2. The van der Waals surface area contributed by atoms with Gasteiger partial charge >= 0.3 is 5.97 Å². The Morgan fingerprint density at radius 1 is 1.07 bits per heavy atom. The van der Waals surface area contributed by atoms with E-state index in [2.05, 4.69) is 13.0 Å². The molecular weight excluding hydrogens is 384 g/mol. The molecule has 0 aromatic rings. The molecule has 30 heavy (non-hydrogen) atoms. The van der Waals surface area contributed by atoms with Crippen LogP contribution in [0, 0.1) is 17.3 Å². The summed E-state index contributed by atoms with van der Waals surface area (Å²) in [6.07, 6.45) is 9.38. The summed E-state index contributed by atoms with van der Waals surface area (Å²) in [6.45, 7) is 6.54. The van der Waals surface area contributed by atoms with Crippen LogP contribution in [0.5, 0.6) is 0 Å². The molecule has 6 aliphatic rings. The lowest BCUT2D eigenvalue weighted by Gasteiger charge is -2.52. The van der Waals surface area contributed by atoms with Crippen LogP contribution in [0.15, 0.2) is 11.6 Å². The first-order valence-electron chi connectivity index (χ1n) is 11.6. The van der Waals surface area contributed by atoms with Crippen molar-refractivity contribution in [1.29, 1.82) is 0 Å². The fourth-order valence-corrected chi connectivity index (χ4v) is 8.39. The normalized spacial score (nSPS) is 50.0. The predicted molar refractivity (Wildman–Crippen MR) is 106 cm³/mol. The van der Waals surface area contributed by atoms with Gasteiger partial charge in [0.05, 0.1) is 13.2 Å². The molecule has 0 aromatic carbocycles. The molecule has 4 aliphatic carbocycles. The minimum absolute atomic E-state index is 0.0133. The number of rotatable bonds is 2. The van der Waals surface area contributed by atoms with Crippen LogP contribution in [0.3, 0.4) is 0 Å². The van der Waals surface area contributed by atoms with Gasteiger partial charge in [0.15, 0.2) is 17.2 Å². The monoisotopic (exact) mass is 416 g/mol. The highest BCUT2D eigenvalue weighted by molar-refractivity contribution is 5.89. The van der Waals surface area contributed by atoms with Crippen LogP contribution in [0.1, 0.15) is 72.1 Å². The van der Waals surface area contributed by atoms with Crippen LogP contribution in [0.25, 0.3) is 0 Å². The third-order valence-electron chi connectivity index (χ3n) is 9.68. The van der Waals surface area contributed by atoms with Crippen LogP contribution < -0.4 is 0 Å². The van der Waals surface area contributed by atoms with Crippen molar-refractivity contribution in [3.8, 4) is 0 Å². The van der Waals surface area contributed by atoms with Gasteiger partial charge < -0.3 is 18.9 Å². The SMILES string of the molecule is CC(=O)O[C@@]1(C(C)=O)CCC2C3CC[C@@]45CC6(CC[C@@]4(O5)C3=CC[C@@]21C)OCCO6. The zero-order valence-electron chi connectivity index (χ0n) is 18.3. The summed E-state index contributed by atoms with van der Waals surface area (Å²) in [7, 11) is 0. The van der Waals surface area contributed by atoms with Crippen LogP contribution in [-0.4, -0.2) is 47.6 Å². The Bertz CT molecular complexity index is 858. The van der Waals surface area contributed by atoms with Gasteiger partial charge in [-0.1, -0.05) is 13.0 Å². The maximum atomic E-state index is 12.8. The number of carbonyl (C=O) groups excluding carboxylic acids is 2. The molecule has 0 bridgehead atoms. The summed E-state index contributed by atoms with van der Waals surface area (Å²) in [6, 6.07) is 0. The zero-order valence-corrected chi connectivity index (χ0v) is 18.3. The van der Waals surface area contributed by atoms with Crippen molar-refractivity contribution in [2.75, 3.05) is 13.2 Å². The Morgan fingerprint density at radius 3 is 2.53 bits per heavy atom. The van der Waals surface area contributed by atoms with Crippen molar-refractivity contribution in [1.82, 2.24) is 0 Å². The van der Waals surface area contributed by atoms with E-state index in [0.717, 1.165) is 44.9 Å². The summed E-state index contributed by atoms with van der Waals surface area (Å²) in [5.74, 6) is -0.0745. The average molecular weight is 417 g/mol. The number of carbonyl (C=O) groups is 2. The van der Waals surface area contributed by atoms with Gasteiger partial charge in [-0.2, -0.15) is 0 Å². The molecule has 6 heteroatoms. The Balaban J connectivity index is 1.35. The number of esters is 1. The number of allylic oxidation sites excluding steroid dienone is 1. The molecular formula is C24H32O6. The minimum Gasteiger partial charge on any atom is -0.451 e. The van der Waals surface area contributed by atoms with Gasteiger partial charge in [0, 0.05) is 25.2 Å². The van der Waals surface area contributed by atoms with Crippen molar-refractivity contribution in [2.45, 2.75) is 94.7 Å². The van der Waals surface area contributed by atoms with E-state index in [-0.39, 0.29) is 28.4 Å². The van der Waals surface area contributed by atoms with Crippen molar-refractivity contribution >= 4 is 11.8 Å². The number of fused-ring (bicyclic) bond motifs is 3. The molecule has 1 spiro atoms. The molecule has 0 amide bonds. The smallest absolute Gasteiger partial charge is 0.303 e. The van der Waals surface area contributed by atoms with Gasteiger partial charge in [-0.3, -0.25) is 9.59 Å². The second-order valence-electron chi connectivity index (χ2n) is 10.8. The summed E-state index contributed by atoms with van der Waals surface area (Å²) < 4.78 is 24.5. The lowest BCUT2D eigenvalue weighted by molar-refractivity contribution is -0.186. The average Bonchev–Trinajstić information content (AvgIpc) is 3.00. The van der Waals surface area contributed by atoms with Crippen LogP contribution in [0.4, 0.5) is 0 Å². The van der Waals surface area contributed by atoms with Crippen LogP contribution >= 0.6 is 0 Å². The second kappa shape index (κ2) is 5.76. The molecule has 2 heterocycles. The van der Waals surface area contributed by atoms with Crippen molar-refractivity contribution in [2.24, 2.45) is 17.3 Å². The number of hydrogen-bond donors (Lipinski definition) is 0. The molecule has 6 rings (SSSR count). The van der Waals surface area contributed by atoms with Crippen molar-refractivity contribution < 1.29 is 28.5 Å². The molecule has 0 N–H and O–H groups in total. The van der Waals surface area contributed by atoms with E-state index < -0.39 is 11.4 Å². The Kier molecular flexibility index (Phi) is 3.73. The van der Waals surface area contributed by atoms with Crippen LogP contribution in [-0.2, 0) is 28.5 Å². The summed E-state index contributed by atoms with van der Waals surface area (Å²) >= 11 is 0. The van der Waals surface area contributed by atoms with Gasteiger partial charge in [-0.15, -0.1) is 0 Å². The van der Waals surface area contributed by atoms with Gasteiger partial charge in [0.2, 0.25) is 0 Å². The minimum atomic E-state index is -0.996. The highest BCUT2D eigenvalue weighted by Crippen LogP contribution is 2.74. The zero-order chi connectivity index (χ0) is 21.0. The molecule has 6 atom stereocenters. The van der Waals surface area contributed by atoms with Crippen molar-refractivity contribution in [3.63, 3.8) is 0 Å². The Labute approximate surface area is 177 Å². The van der Waals surface area contributed by atoms with Gasteiger partial charge in [0.1, 0.15) is 11.2 Å². The fourth-order valence-electron chi connectivity index (χ4n) is 8.39. The first kappa shape index (κ1) is 19.4. The highest BCUT2D eigenvalue weighted by atomic mass is 16.7. The molecule has 0 aromatic heterocycles. The number of Topliss-reactive ketones (excluding diaryl/α,β-unsaturated/α-hetero) is 1. The predicted octanol–water partition coefficient (Wildman–Crippen LogP) is 3.47. The summed E-state index contributed by atoms with van der Waals surface area (Å²) in [5.41, 5.74) is -0.202. The van der Waals surface area contributed by atoms with Gasteiger partial charge in [0.25, 0.3) is 0 Å². The summed E-state index contributed by atoms with van der Waals surface area (Å²) in [4.78, 5) is 24.8. The van der Waals surface area contributed by atoms with Crippen LogP contribution in [0.2, 0.25) is 0 Å². The van der Waals surface area contributed by atoms with E-state index in [1.54, 1.807) is 6.92 Å². The topological polar surface area (TPSA) is 74.4 Å². The van der Waals surface area contributed by atoms with Gasteiger partial charge in [-0.25, -0.2) is 0 Å². The van der Waals surface area contributed by atoms with E-state index in [4.69, 9.17) is 18.9 Å².